The van der Waals surface area contributed by atoms with Gasteiger partial charge in [0.25, 0.3) is 0 Å². The van der Waals surface area contributed by atoms with Crippen molar-refractivity contribution in [2.45, 2.75) is 26.8 Å². The van der Waals surface area contributed by atoms with E-state index >= 15 is 0 Å². The molecule has 1 heterocycles. The second-order valence-corrected chi connectivity index (χ2v) is 5.35. The third-order valence-corrected chi connectivity index (χ3v) is 3.41. The van der Waals surface area contributed by atoms with Crippen molar-refractivity contribution in [1.29, 1.82) is 0 Å². The van der Waals surface area contributed by atoms with E-state index in [1.807, 2.05) is 32.0 Å². The number of benzene rings is 1. The maximum absolute atomic E-state index is 11.8. The average Bonchev–Trinajstić information content (AvgIpc) is 2.55. The van der Waals surface area contributed by atoms with Crippen LogP contribution in [0.3, 0.4) is 0 Å². The lowest BCUT2D eigenvalue weighted by molar-refractivity contribution is -0.121. The lowest BCUT2D eigenvalue weighted by Crippen LogP contribution is -2.24. The molecule has 5 heteroatoms. The van der Waals surface area contributed by atoms with E-state index in [1.54, 1.807) is 19.4 Å². The van der Waals surface area contributed by atoms with Gasteiger partial charge in [-0.2, -0.15) is 0 Å². The molecule has 0 aliphatic rings. The monoisotopic (exact) mass is 314 g/mol. The predicted molar refractivity (Wildman–Crippen MR) is 88.7 cm³/mol. The minimum Gasteiger partial charge on any atom is -0.493 e. The van der Waals surface area contributed by atoms with Crippen molar-refractivity contribution >= 4 is 5.91 Å². The molecule has 0 bridgehead atoms. The van der Waals surface area contributed by atoms with Crippen LogP contribution in [0.5, 0.6) is 11.6 Å². The summed E-state index contributed by atoms with van der Waals surface area (Å²) in [5.41, 5.74) is 3.20. The molecule has 1 N–H and O–H groups in total. The molecule has 0 aliphatic carbocycles. The number of hydrogen-bond acceptors (Lipinski definition) is 4. The summed E-state index contributed by atoms with van der Waals surface area (Å²) in [6.07, 6.45) is 2.00. The van der Waals surface area contributed by atoms with E-state index in [0.717, 1.165) is 16.9 Å². The van der Waals surface area contributed by atoms with Crippen LogP contribution in [0, 0.1) is 13.8 Å². The van der Waals surface area contributed by atoms with Gasteiger partial charge in [-0.1, -0.05) is 23.8 Å². The van der Waals surface area contributed by atoms with Crippen LogP contribution >= 0.6 is 0 Å². The molecule has 0 unspecified atom stereocenters. The second kappa shape index (κ2) is 8.17. The van der Waals surface area contributed by atoms with Crippen LogP contribution in [0.25, 0.3) is 0 Å². The van der Waals surface area contributed by atoms with Crippen LogP contribution in [0.4, 0.5) is 0 Å². The van der Waals surface area contributed by atoms with Gasteiger partial charge in [-0.05, 0) is 31.0 Å². The van der Waals surface area contributed by atoms with E-state index in [1.165, 1.54) is 5.56 Å². The number of ether oxygens (including phenoxy) is 2. The molecule has 1 aromatic heterocycles. The molecule has 0 saturated heterocycles. The molecular weight excluding hydrogens is 292 g/mol. The highest BCUT2D eigenvalue weighted by molar-refractivity contribution is 5.76. The fourth-order valence-electron chi connectivity index (χ4n) is 2.14. The van der Waals surface area contributed by atoms with Crippen LogP contribution in [0.1, 0.15) is 23.1 Å². The fraction of sp³-hybridized carbons (Fsp3) is 0.333. The van der Waals surface area contributed by atoms with Gasteiger partial charge in [0.05, 0.1) is 20.1 Å². The average molecular weight is 314 g/mol. The van der Waals surface area contributed by atoms with Crippen molar-refractivity contribution in [3.8, 4) is 11.6 Å². The number of pyridine rings is 1. The number of nitrogens with one attached hydrogen (secondary N) is 1. The van der Waals surface area contributed by atoms with Gasteiger partial charge in [-0.3, -0.25) is 4.79 Å². The van der Waals surface area contributed by atoms with Crippen LogP contribution < -0.4 is 14.8 Å². The van der Waals surface area contributed by atoms with Gasteiger partial charge in [0.1, 0.15) is 5.75 Å². The Morgan fingerprint density at radius 3 is 2.70 bits per heavy atom. The molecule has 2 aromatic rings. The van der Waals surface area contributed by atoms with Gasteiger partial charge < -0.3 is 14.8 Å². The SMILES string of the molecule is COc1ccc(CNC(=O)CCOc2ccc(C)cc2C)cn1. The summed E-state index contributed by atoms with van der Waals surface area (Å²) < 4.78 is 10.6. The number of hydrogen-bond donors (Lipinski definition) is 1. The molecule has 23 heavy (non-hydrogen) atoms. The molecule has 1 aromatic carbocycles. The van der Waals surface area contributed by atoms with Gasteiger partial charge in [0.15, 0.2) is 0 Å². The highest BCUT2D eigenvalue weighted by Gasteiger charge is 2.04. The van der Waals surface area contributed by atoms with E-state index < -0.39 is 0 Å². The third-order valence-electron chi connectivity index (χ3n) is 3.41. The first-order chi connectivity index (χ1) is 11.1. The van der Waals surface area contributed by atoms with E-state index in [-0.39, 0.29) is 5.91 Å². The van der Waals surface area contributed by atoms with Gasteiger partial charge >= 0.3 is 0 Å². The fourth-order valence-corrected chi connectivity index (χ4v) is 2.14. The maximum atomic E-state index is 11.8. The first-order valence-electron chi connectivity index (χ1n) is 7.54. The highest BCUT2D eigenvalue weighted by atomic mass is 16.5. The van der Waals surface area contributed by atoms with Crippen LogP contribution in [-0.4, -0.2) is 24.6 Å². The van der Waals surface area contributed by atoms with E-state index in [9.17, 15) is 4.79 Å². The zero-order chi connectivity index (χ0) is 16.7. The molecule has 2 rings (SSSR count). The van der Waals surface area contributed by atoms with Crippen molar-refractivity contribution in [1.82, 2.24) is 10.3 Å². The van der Waals surface area contributed by atoms with Gasteiger partial charge in [0, 0.05) is 18.8 Å². The van der Waals surface area contributed by atoms with Crippen molar-refractivity contribution in [3.05, 3.63) is 53.2 Å². The number of methoxy groups -OCH3 is 1. The van der Waals surface area contributed by atoms with E-state index in [0.29, 0.717) is 25.5 Å². The van der Waals surface area contributed by atoms with Crippen molar-refractivity contribution < 1.29 is 14.3 Å². The van der Waals surface area contributed by atoms with Gasteiger partial charge in [-0.25, -0.2) is 4.98 Å². The Kier molecular flexibility index (Phi) is 5.97. The first kappa shape index (κ1) is 16.8. The first-order valence-corrected chi connectivity index (χ1v) is 7.54. The molecule has 5 nitrogen and oxygen atoms in total. The second-order valence-electron chi connectivity index (χ2n) is 5.35. The Hall–Kier alpha value is -2.56. The quantitative estimate of drug-likeness (QED) is 0.853. The Morgan fingerprint density at radius 2 is 2.04 bits per heavy atom. The normalized spacial score (nSPS) is 10.2. The summed E-state index contributed by atoms with van der Waals surface area (Å²) in [7, 11) is 1.57. The molecule has 0 fully saturated rings. The summed E-state index contributed by atoms with van der Waals surface area (Å²) in [6, 6.07) is 9.64. The number of carbonyl (C=O) groups excluding carboxylic acids is 1. The van der Waals surface area contributed by atoms with Crippen LogP contribution in [0.2, 0.25) is 0 Å². The standard InChI is InChI=1S/C18H22N2O3/c1-13-4-6-16(14(2)10-13)23-9-8-17(21)19-11-15-5-7-18(22-3)20-12-15/h4-7,10,12H,8-9,11H2,1-3H3,(H,19,21). The van der Waals surface area contributed by atoms with Crippen LogP contribution in [0.15, 0.2) is 36.5 Å². The minimum atomic E-state index is -0.0504. The van der Waals surface area contributed by atoms with Crippen LogP contribution in [-0.2, 0) is 11.3 Å². The smallest absolute Gasteiger partial charge is 0.223 e. The number of nitrogens with zero attached hydrogens (tertiary/aromatic N) is 1. The molecule has 0 atom stereocenters. The number of aromatic nitrogens is 1. The van der Waals surface area contributed by atoms with E-state index in [4.69, 9.17) is 9.47 Å². The number of carbonyl (C=O) groups is 1. The molecule has 122 valence electrons. The summed E-state index contributed by atoms with van der Waals surface area (Å²) in [5.74, 6) is 1.33. The summed E-state index contributed by atoms with van der Waals surface area (Å²) in [5, 5.41) is 2.85. The summed E-state index contributed by atoms with van der Waals surface area (Å²) in [6.45, 7) is 4.84. The molecule has 0 aliphatic heterocycles. The molecule has 1 amide bonds. The maximum Gasteiger partial charge on any atom is 0.223 e. The molecule has 0 radical (unpaired) electrons. The number of aryl methyl sites for hydroxylation is 2. The summed E-state index contributed by atoms with van der Waals surface area (Å²) in [4.78, 5) is 15.9. The zero-order valence-corrected chi connectivity index (χ0v) is 13.8. The Balaban J connectivity index is 1.72. The zero-order valence-electron chi connectivity index (χ0n) is 13.8. The van der Waals surface area contributed by atoms with Crippen molar-refractivity contribution in [2.75, 3.05) is 13.7 Å². The Labute approximate surface area is 136 Å². The van der Waals surface area contributed by atoms with Crippen molar-refractivity contribution in [2.24, 2.45) is 0 Å². The summed E-state index contributed by atoms with van der Waals surface area (Å²) >= 11 is 0. The minimum absolute atomic E-state index is 0.0504. The Bertz CT molecular complexity index is 654. The lowest BCUT2D eigenvalue weighted by Gasteiger charge is -2.10. The molecule has 0 spiro atoms. The van der Waals surface area contributed by atoms with Gasteiger partial charge in [0.2, 0.25) is 11.8 Å². The van der Waals surface area contributed by atoms with E-state index in [2.05, 4.69) is 16.4 Å². The van der Waals surface area contributed by atoms with Crippen molar-refractivity contribution in [3.63, 3.8) is 0 Å². The molecular formula is C18H22N2O3. The third kappa shape index (κ3) is 5.29. The number of rotatable bonds is 7. The largest absolute Gasteiger partial charge is 0.493 e. The molecule has 0 saturated carbocycles. The van der Waals surface area contributed by atoms with Gasteiger partial charge in [-0.15, -0.1) is 0 Å². The predicted octanol–water partition coefficient (Wildman–Crippen LogP) is 2.79. The lowest BCUT2D eigenvalue weighted by atomic mass is 10.1. The highest BCUT2D eigenvalue weighted by Crippen LogP contribution is 2.18. The topological polar surface area (TPSA) is 60.5 Å². The number of amides is 1. The Morgan fingerprint density at radius 1 is 1.22 bits per heavy atom.